The Balaban J connectivity index is 1.35. The minimum atomic E-state index is -0.0471. The fraction of sp³-hybridized carbons (Fsp3) is 0.235. The molecule has 2 aromatic heterocycles. The molecule has 8 heteroatoms. The van der Waals surface area contributed by atoms with Crippen molar-refractivity contribution in [2.75, 3.05) is 18.1 Å². The minimum Gasteiger partial charge on any atom is -0.410 e. The number of benzene rings is 1. The second kappa shape index (κ2) is 8.77. The molecule has 2 heterocycles. The lowest BCUT2D eigenvalue weighted by Gasteiger charge is -2.04. The van der Waals surface area contributed by atoms with Crippen LogP contribution in [0, 0.1) is 6.92 Å². The molecule has 6 nitrogen and oxygen atoms in total. The highest BCUT2D eigenvalue weighted by atomic mass is 32.2. The summed E-state index contributed by atoms with van der Waals surface area (Å²) in [5, 5.41) is 11.2. The van der Waals surface area contributed by atoms with E-state index in [1.54, 1.807) is 18.0 Å². The molecule has 0 atom stereocenters. The number of aromatic amines is 1. The lowest BCUT2D eigenvalue weighted by Crippen LogP contribution is -2.27. The van der Waals surface area contributed by atoms with Crippen molar-refractivity contribution in [3.05, 3.63) is 48.2 Å². The minimum absolute atomic E-state index is 0.0471. The number of aryl methyl sites for hydroxylation is 1. The normalized spacial score (nSPS) is 10.8. The van der Waals surface area contributed by atoms with Crippen LogP contribution in [0.2, 0.25) is 0 Å². The molecule has 0 radical (unpaired) electrons. The SMILES string of the molecule is Cc1ccc(SCCNC(=O)CSc2nnc(-c3ccc[nH]3)o2)cc1. The van der Waals surface area contributed by atoms with Gasteiger partial charge in [0.1, 0.15) is 5.69 Å². The summed E-state index contributed by atoms with van der Waals surface area (Å²) in [6, 6.07) is 12.1. The molecule has 0 spiro atoms. The van der Waals surface area contributed by atoms with E-state index in [1.165, 1.54) is 22.2 Å². The van der Waals surface area contributed by atoms with E-state index in [0.29, 0.717) is 17.7 Å². The van der Waals surface area contributed by atoms with E-state index in [2.05, 4.69) is 51.7 Å². The van der Waals surface area contributed by atoms with Gasteiger partial charge in [0.05, 0.1) is 5.75 Å². The smallest absolute Gasteiger partial charge is 0.277 e. The van der Waals surface area contributed by atoms with Crippen molar-refractivity contribution in [3.8, 4) is 11.6 Å². The van der Waals surface area contributed by atoms with Crippen LogP contribution < -0.4 is 5.32 Å². The van der Waals surface area contributed by atoms with Crippen molar-refractivity contribution in [1.29, 1.82) is 0 Å². The van der Waals surface area contributed by atoms with Crippen LogP contribution in [0.5, 0.6) is 0 Å². The van der Waals surface area contributed by atoms with Gasteiger partial charge in [0.15, 0.2) is 0 Å². The van der Waals surface area contributed by atoms with Gasteiger partial charge in [-0.15, -0.1) is 22.0 Å². The maximum atomic E-state index is 11.9. The van der Waals surface area contributed by atoms with E-state index >= 15 is 0 Å². The van der Waals surface area contributed by atoms with E-state index in [0.717, 1.165) is 11.4 Å². The first-order valence-electron chi connectivity index (χ1n) is 7.77. The first-order valence-corrected chi connectivity index (χ1v) is 9.74. The molecule has 0 aliphatic carbocycles. The van der Waals surface area contributed by atoms with Crippen LogP contribution in [0.4, 0.5) is 0 Å². The highest BCUT2D eigenvalue weighted by Gasteiger charge is 2.11. The summed E-state index contributed by atoms with van der Waals surface area (Å²) in [6.07, 6.45) is 1.79. The second-order valence-electron chi connectivity index (χ2n) is 5.26. The number of hydrogen-bond acceptors (Lipinski definition) is 6. The number of aromatic nitrogens is 3. The third kappa shape index (κ3) is 5.40. The molecule has 0 aliphatic rings. The molecule has 0 aliphatic heterocycles. The number of amides is 1. The molecule has 0 unspecified atom stereocenters. The van der Waals surface area contributed by atoms with Gasteiger partial charge in [-0.05, 0) is 31.2 Å². The van der Waals surface area contributed by atoms with Crippen LogP contribution in [-0.2, 0) is 4.79 Å². The predicted octanol–water partition coefficient (Wildman–Crippen LogP) is 3.37. The van der Waals surface area contributed by atoms with Crippen LogP contribution in [-0.4, -0.2) is 39.1 Å². The van der Waals surface area contributed by atoms with Gasteiger partial charge in [0.25, 0.3) is 11.1 Å². The van der Waals surface area contributed by atoms with E-state index < -0.39 is 0 Å². The zero-order valence-electron chi connectivity index (χ0n) is 13.7. The number of thioether (sulfide) groups is 2. The molecular weight excluding hydrogens is 356 g/mol. The number of carbonyl (C=O) groups is 1. The lowest BCUT2D eigenvalue weighted by atomic mass is 10.2. The van der Waals surface area contributed by atoms with Crippen LogP contribution in [0.25, 0.3) is 11.6 Å². The van der Waals surface area contributed by atoms with Gasteiger partial charge in [-0.3, -0.25) is 4.79 Å². The molecule has 1 amide bonds. The van der Waals surface area contributed by atoms with Crippen LogP contribution >= 0.6 is 23.5 Å². The first-order chi connectivity index (χ1) is 12.2. The average molecular weight is 374 g/mol. The molecule has 0 saturated heterocycles. The third-order valence-electron chi connectivity index (χ3n) is 3.28. The lowest BCUT2D eigenvalue weighted by molar-refractivity contribution is -0.118. The Hall–Kier alpha value is -2.19. The summed E-state index contributed by atoms with van der Waals surface area (Å²) in [5.41, 5.74) is 2.01. The van der Waals surface area contributed by atoms with Gasteiger partial charge in [0, 0.05) is 23.4 Å². The quantitative estimate of drug-likeness (QED) is 0.465. The molecule has 25 heavy (non-hydrogen) atoms. The molecule has 1 aromatic carbocycles. The summed E-state index contributed by atoms with van der Waals surface area (Å²) in [5.74, 6) is 1.45. The predicted molar refractivity (Wildman–Crippen MR) is 99.7 cm³/mol. The number of carbonyl (C=O) groups excluding carboxylic acids is 1. The van der Waals surface area contributed by atoms with Gasteiger partial charge in [-0.1, -0.05) is 29.5 Å². The maximum Gasteiger partial charge on any atom is 0.277 e. The van der Waals surface area contributed by atoms with Gasteiger partial charge >= 0.3 is 0 Å². The Morgan fingerprint density at radius 3 is 2.80 bits per heavy atom. The molecule has 0 saturated carbocycles. The van der Waals surface area contributed by atoms with Gasteiger partial charge in [-0.2, -0.15) is 0 Å². The van der Waals surface area contributed by atoms with Crippen molar-refractivity contribution >= 4 is 29.4 Å². The fourth-order valence-electron chi connectivity index (χ4n) is 2.01. The summed E-state index contributed by atoms with van der Waals surface area (Å²) in [7, 11) is 0. The number of H-pyrrole nitrogens is 1. The van der Waals surface area contributed by atoms with E-state index in [-0.39, 0.29) is 11.7 Å². The van der Waals surface area contributed by atoms with E-state index in [4.69, 9.17) is 4.42 Å². The van der Waals surface area contributed by atoms with Gasteiger partial charge in [-0.25, -0.2) is 0 Å². The number of rotatable bonds is 8. The van der Waals surface area contributed by atoms with Crippen LogP contribution in [0.1, 0.15) is 5.56 Å². The highest BCUT2D eigenvalue weighted by molar-refractivity contribution is 7.99. The molecular formula is C17H18N4O2S2. The summed E-state index contributed by atoms with van der Waals surface area (Å²) < 4.78 is 5.50. The largest absolute Gasteiger partial charge is 0.410 e. The zero-order valence-corrected chi connectivity index (χ0v) is 15.3. The Morgan fingerprint density at radius 1 is 1.20 bits per heavy atom. The number of nitrogens with one attached hydrogen (secondary N) is 2. The van der Waals surface area contributed by atoms with Crippen molar-refractivity contribution in [2.24, 2.45) is 0 Å². The Kier molecular flexibility index (Phi) is 6.19. The third-order valence-corrected chi connectivity index (χ3v) is 5.11. The highest BCUT2D eigenvalue weighted by Crippen LogP contribution is 2.21. The number of hydrogen-bond donors (Lipinski definition) is 2. The van der Waals surface area contributed by atoms with Gasteiger partial charge in [0.2, 0.25) is 5.91 Å². The average Bonchev–Trinajstić information content (AvgIpc) is 3.29. The van der Waals surface area contributed by atoms with Gasteiger partial charge < -0.3 is 14.7 Å². The first kappa shape index (κ1) is 17.6. The standard InChI is InChI=1S/C17H18N4O2S2/c1-12-4-6-13(7-5-12)24-10-9-19-15(22)11-25-17-21-20-16(23-17)14-3-2-8-18-14/h2-8,18H,9-11H2,1H3,(H,19,22). The molecule has 3 rings (SSSR count). The van der Waals surface area contributed by atoms with E-state index in [1.807, 2.05) is 12.1 Å². The number of nitrogens with zero attached hydrogens (tertiary/aromatic N) is 2. The Bertz CT molecular complexity index is 800. The summed E-state index contributed by atoms with van der Waals surface area (Å²) >= 11 is 2.95. The monoisotopic (exact) mass is 374 g/mol. The summed E-state index contributed by atoms with van der Waals surface area (Å²) in [4.78, 5) is 16.1. The zero-order chi connectivity index (χ0) is 17.5. The Morgan fingerprint density at radius 2 is 2.04 bits per heavy atom. The van der Waals surface area contributed by atoms with Crippen molar-refractivity contribution < 1.29 is 9.21 Å². The van der Waals surface area contributed by atoms with E-state index in [9.17, 15) is 4.79 Å². The topological polar surface area (TPSA) is 83.8 Å². The maximum absolute atomic E-state index is 11.9. The van der Waals surface area contributed by atoms with Crippen molar-refractivity contribution in [2.45, 2.75) is 17.0 Å². The second-order valence-corrected chi connectivity index (χ2v) is 7.35. The Labute approximate surface area is 154 Å². The fourth-order valence-corrected chi connectivity index (χ4v) is 3.37. The molecule has 2 N–H and O–H groups in total. The summed E-state index contributed by atoms with van der Waals surface area (Å²) in [6.45, 7) is 2.69. The molecule has 130 valence electrons. The van der Waals surface area contributed by atoms with Crippen LogP contribution in [0.3, 0.4) is 0 Å². The molecule has 0 bridgehead atoms. The van der Waals surface area contributed by atoms with Crippen molar-refractivity contribution in [1.82, 2.24) is 20.5 Å². The molecule has 0 fully saturated rings. The van der Waals surface area contributed by atoms with Crippen LogP contribution in [0.15, 0.2) is 57.1 Å². The van der Waals surface area contributed by atoms with Crippen molar-refractivity contribution in [3.63, 3.8) is 0 Å². The molecule has 3 aromatic rings.